The van der Waals surface area contributed by atoms with E-state index < -0.39 is 62.5 Å². The minimum Gasteiger partial charge on any atom is -2.00 e. The van der Waals surface area contributed by atoms with Gasteiger partial charge in [0.05, 0.1) is 16.7 Å². The second-order valence-corrected chi connectivity index (χ2v) is 4.57. The number of non-ortho nitro benzene ring substituents is 1. The standard InChI is InChI=1S/C14H6F5N3O4.CH4O.CH3O.O.V/c15-9-8(10(16)12(18)13(19)11(9)17)14(24)21-20-4-5-3-6(22(25)26)1-2-7(5)23;2*1-2;;/h1-4,23H,(H,21,24);2H,1H3;1H3;;/q;;-1;-2;/p-2/b20-4+;;;;. The number of halogens is 5. The van der Waals surface area contributed by atoms with Crippen LogP contribution in [0.3, 0.4) is 0 Å². The third-order valence-corrected chi connectivity index (χ3v) is 2.97. The number of rotatable bonds is 4. The molecule has 177 valence electrons. The fraction of sp³-hybridized carbons (Fsp3) is 0.125. The molecule has 32 heavy (non-hydrogen) atoms. The summed E-state index contributed by atoms with van der Waals surface area (Å²) in [6.07, 6.45) is 0.555. The van der Waals surface area contributed by atoms with E-state index in [4.69, 9.17) is 10.2 Å². The Hall–Kier alpha value is -3.11. The van der Waals surface area contributed by atoms with Gasteiger partial charge in [-0.15, -0.1) is 0 Å². The Bertz CT molecular complexity index is 949. The molecule has 2 aromatic rings. The Kier molecular flexibility index (Phi) is 16.4. The molecule has 0 heterocycles. The average molecular weight is 503 g/mol. The van der Waals surface area contributed by atoms with Crippen molar-refractivity contribution in [2.45, 2.75) is 0 Å². The molecule has 0 unspecified atom stereocenters. The normalized spacial score (nSPS) is 10.1. The van der Waals surface area contributed by atoms with Crippen molar-refractivity contribution in [3.63, 3.8) is 0 Å². The Balaban J connectivity index is -0.00000132. The molecule has 1 radical (unpaired) electrons. The zero-order valence-electron chi connectivity index (χ0n) is 15.9. The van der Waals surface area contributed by atoms with Gasteiger partial charge in [0.1, 0.15) is 0 Å². The van der Waals surface area contributed by atoms with E-state index >= 15 is 0 Å². The SMILES string of the molecule is CO.C[O-].O=[N+]([O-])c1ccc([O-])c(/C=N/N=C(\[O-])c2c(F)c(F)c(F)c(F)c2F)c1.[O-2].[V]. The maximum atomic E-state index is 13.4. The first-order valence-electron chi connectivity index (χ1n) is 7.26. The van der Waals surface area contributed by atoms with Crippen molar-refractivity contribution in [1.29, 1.82) is 0 Å². The molecule has 0 atom stereocenters. The molecule has 0 saturated heterocycles. The maximum absolute atomic E-state index is 13.4. The maximum Gasteiger partial charge on any atom is 0.270 e. The second-order valence-electron chi connectivity index (χ2n) is 4.57. The Morgan fingerprint density at radius 3 is 1.88 bits per heavy atom. The van der Waals surface area contributed by atoms with E-state index in [0.717, 1.165) is 32.4 Å². The van der Waals surface area contributed by atoms with Crippen LogP contribution in [0.5, 0.6) is 5.75 Å². The van der Waals surface area contributed by atoms with Gasteiger partial charge in [-0.25, -0.2) is 22.0 Å². The van der Waals surface area contributed by atoms with E-state index in [1.165, 1.54) is 0 Å². The van der Waals surface area contributed by atoms with E-state index in [1.54, 1.807) is 0 Å². The molecule has 0 fully saturated rings. The fourth-order valence-electron chi connectivity index (χ4n) is 1.74. The molecular formula is C16H11F5N3O7V-5. The molecule has 1 N–H and O–H groups in total. The van der Waals surface area contributed by atoms with Crippen molar-refractivity contribution in [2.24, 2.45) is 10.2 Å². The van der Waals surface area contributed by atoms with Crippen molar-refractivity contribution in [3.05, 3.63) is 68.5 Å². The number of hydrogen-bond donors (Lipinski definition) is 1. The molecule has 2 aromatic carbocycles. The number of aliphatic hydroxyl groups is 1. The van der Waals surface area contributed by atoms with E-state index in [9.17, 15) is 42.3 Å². The van der Waals surface area contributed by atoms with Crippen LogP contribution in [-0.2, 0) is 24.0 Å². The van der Waals surface area contributed by atoms with Crippen LogP contribution in [0.4, 0.5) is 27.6 Å². The number of nitro groups is 1. The van der Waals surface area contributed by atoms with E-state index in [-0.39, 0.29) is 24.0 Å². The van der Waals surface area contributed by atoms with Gasteiger partial charge in [0.15, 0.2) is 23.3 Å². The quantitative estimate of drug-likeness (QED) is 0.116. The Morgan fingerprint density at radius 1 is 1.00 bits per heavy atom. The Morgan fingerprint density at radius 2 is 1.44 bits per heavy atom. The van der Waals surface area contributed by atoms with Crippen LogP contribution in [0.1, 0.15) is 11.1 Å². The van der Waals surface area contributed by atoms with Crippen LogP contribution < -0.4 is 15.3 Å². The summed E-state index contributed by atoms with van der Waals surface area (Å²) in [4.78, 5) is 9.77. The van der Waals surface area contributed by atoms with E-state index in [0.29, 0.717) is 6.21 Å². The van der Waals surface area contributed by atoms with Gasteiger partial charge in [0, 0.05) is 43.7 Å². The van der Waals surface area contributed by atoms with Gasteiger partial charge in [-0.1, -0.05) is 11.8 Å². The zero-order valence-corrected chi connectivity index (χ0v) is 17.3. The molecule has 2 rings (SSSR count). The van der Waals surface area contributed by atoms with Gasteiger partial charge >= 0.3 is 0 Å². The third-order valence-electron chi connectivity index (χ3n) is 2.97. The first kappa shape index (κ1) is 33.5. The van der Waals surface area contributed by atoms with Crippen LogP contribution in [0.25, 0.3) is 0 Å². The summed E-state index contributed by atoms with van der Waals surface area (Å²) in [7, 11) is 1.75. The number of aliphatic hydroxyl groups excluding tert-OH is 1. The predicted molar refractivity (Wildman–Crippen MR) is 87.7 cm³/mol. The van der Waals surface area contributed by atoms with Crippen LogP contribution in [-0.4, -0.2) is 36.4 Å². The molecule has 0 aliphatic heterocycles. The topological polar surface area (TPSA) is 186 Å². The van der Waals surface area contributed by atoms with E-state index in [1.807, 2.05) is 0 Å². The average Bonchev–Trinajstić information content (AvgIpc) is 2.75. The summed E-state index contributed by atoms with van der Waals surface area (Å²) in [6, 6.07) is 2.51. The van der Waals surface area contributed by atoms with Crippen molar-refractivity contribution >= 4 is 17.8 Å². The predicted octanol–water partition coefficient (Wildman–Crippen LogP) is -0.0314. The molecule has 16 heteroatoms. The number of benzene rings is 2. The molecule has 0 aromatic heterocycles. The van der Waals surface area contributed by atoms with Crippen LogP contribution in [0.15, 0.2) is 28.4 Å². The summed E-state index contributed by atoms with van der Waals surface area (Å²) in [5, 5.41) is 54.6. The summed E-state index contributed by atoms with van der Waals surface area (Å²) in [5.41, 5.74) is -2.72. The van der Waals surface area contributed by atoms with Gasteiger partial charge in [0.2, 0.25) is 5.82 Å². The first-order chi connectivity index (χ1) is 14.1. The largest absolute Gasteiger partial charge is 2.00 e. The molecule has 0 saturated carbocycles. The number of nitrogens with zero attached hydrogens (tertiary/aromatic N) is 3. The third kappa shape index (κ3) is 7.86. The fourth-order valence-corrected chi connectivity index (χ4v) is 1.74. The van der Waals surface area contributed by atoms with Crippen LogP contribution in [0, 0.1) is 39.2 Å². The zero-order chi connectivity index (χ0) is 23.6. The smallest absolute Gasteiger partial charge is 0.270 e. The summed E-state index contributed by atoms with van der Waals surface area (Å²) in [6.45, 7) is 0. The Labute approximate surface area is 188 Å². The van der Waals surface area contributed by atoms with Crippen molar-refractivity contribution < 1.29 is 71.3 Å². The van der Waals surface area contributed by atoms with Gasteiger partial charge < -0.3 is 25.9 Å². The molecule has 0 aliphatic carbocycles. The van der Waals surface area contributed by atoms with Gasteiger partial charge in [-0.3, -0.25) is 10.1 Å². The molecule has 0 spiro atoms. The summed E-state index contributed by atoms with van der Waals surface area (Å²) >= 11 is 0. The molecule has 0 aliphatic rings. The van der Waals surface area contributed by atoms with Crippen LogP contribution >= 0.6 is 0 Å². The molecule has 10 nitrogen and oxygen atoms in total. The van der Waals surface area contributed by atoms with Crippen molar-refractivity contribution in [1.82, 2.24) is 0 Å². The molecular weight excluding hydrogens is 492 g/mol. The van der Waals surface area contributed by atoms with Crippen molar-refractivity contribution in [2.75, 3.05) is 14.2 Å². The van der Waals surface area contributed by atoms with Gasteiger partial charge in [-0.05, 0) is 5.56 Å². The minimum absolute atomic E-state index is 0. The minimum atomic E-state index is -2.45. The summed E-state index contributed by atoms with van der Waals surface area (Å²) < 4.78 is 65.8. The van der Waals surface area contributed by atoms with E-state index in [2.05, 4.69) is 10.2 Å². The molecule has 0 bridgehead atoms. The van der Waals surface area contributed by atoms with Gasteiger partial charge in [0.25, 0.3) is 5.69 Å². The first-order valence-corrected chi connectivity index (χ1v) is 7.26. The number of nitro benzene ring substituents is 1. The van der Waals surface area contributed by atoms with Gasteiger partial charge in [-0.2, -0.15) is 17.3 Å². The molecule has 0 amide bonds. The monoisotopic (exact) mass is 503 g/mol. The van der Waals surface area contributed by atoms with Crippen LogP contribution in [0.2, 0.25) is 0 Å². The number of hydrogen-bond acceptors (Lipinski definition) is 8. The summed E-state index contributed by atoms with van der Waals surface area (Å²) in [5.74, 6) is -14.6. The van der Waals surface area contributed by atoms with Crippen molar-refractivity contribution in [3.8, 4) is 5.75 Å². The second kappa shape index (κ2) is 15.7.